The molecule has 0 bridgehead atoms. The van der Waals surface area contributed by atoms with Crippen molar-refractivity contribution in [3.63, 3.8) is 0 Å². The van der Waals surface area contributed by atoms with Gasteiger partial charge in [-0.05, 0) is 74.2 Å². The third-order valence-electron chi connectivity index (χ3n) is 7.00. The molecular formula is C28H28N2O5. The van der Waals surface area contributed by atoms with Crippen molar-refractivity contribution in [1.82, 2.24) is 5.16 Å². The average Bonchev–Trinajstić information content (AvgIpc) is 3.45. The predicted octanol–water partition coefficient (Wildman–Crippen LogP) is 5.49. The monoisotopic (exact) mass is 472 g/mol. The fourth-order valence-corrected chi connectivity index (χ4v) is 5.23. The number of nitrogens with zero attached hydrogens (tertiary/aromatic N) is 2. The molecule has 1 aliphatic carbocycles. The van der Waals surface area contributed by atoms with Crippen LogP contribution in [-0.4, -0.2) is 35.1 Å². The first-order valence-electron chi connectivity index (χ1n) is 12.0. The van der Waals surface area contributed by atoms with Crippen molar-refractivity contribution < 1.29 is 24.0 Å². The van der Waals surface area contributed by atoms with Crippen LogP contribution in [0.25, 0.3) is 17.1 Å². The summed E-state index contributed by atoms with van der Waals surface area (Å²) in [6, 6.07) is 15.5. The first kappa shape index (κ1) is 22.9. The molecule has 180 valence electrons. The zero-order valence-electron chi connectivity index (χ0n) is 19.9. The van der Waals surface area contributed by atoms with Gasteiger partial charge in [-0.1, -0.05) is 24.4 Å². The van der Waals surface area contributed by atoms with E-state index in [1.807, 2.05) is 37.3 Å². The maximum atomic E-state index is 13.3. The van der Waals surface area contributed by atoms with Crippen molar-refractivity contribution >= 4 is 23.1 Å². The summed E-state index contributed by atoms with van der Waals surface area (Å²) in [5.41, 5.74) is 2.91. The number of Topliss-reactive ketones (excluding diaryl/α,β-unsaturated/α-hetero) is 1. The number of aromatic nitrogens is 1. The molecule has 1 N–H and O–H groups in total. The van der Waals surface area contributed by atoms with Gasteiger partial charge in [0.15, 0.2) is 5.76 Å². The maximum absolute atomic E-state index is 13.3. The van der Waals surface area contributed by atoms with Crippen molar-refractivity contribution in [3.8, 4) is 17.1 Å². The number of hydrogen-bond acceptors (Lipinski definition) is 6. The fourth-order valence-electron chi connectivity index (χ4n) is 5.23. The molecule has 2 heterocycles. The van der Waals surface area contributed by atoms with Gasteiger partial charge in [-0.3, -0.25) is 14.5 Å². The van der Waals surface area contributed by atoms with Gasteiger partial charge in [0.2, 0.25) is 0 Å². The Bertz CT molecular complexity index is 1270. The van der Waals surface area contributed by atoms with E-state index in [1.165, 1.54) is 0 Å². The van der Waals surface area contributed by atoms with Gasteiger partial charge in [0.1, 0.15) is 11.5 Å². The second-order valence-corrected chi connectivity index (χ2v) is 9.22. The normalized spacial score (nSPS) is 20.4. The summed E-state index contributed by atoms with van der Waals surface area (Å²) in [4.78, 5) is 28.2. The van der Waals surface area contributed by atoms with E-state index in [9.17, 15) is 14.7 Å². The van der Waals surface area contributed by atoms with Crippen LogP contribution in [0.1, 0.15) is 43.4 Å². The summed E-state index contributed by atoms with van der Waals surface area (Å²) >= 11 is 0. The molecule has 35 heavy (non-hydrogen) atoms. The molecule has 2 aliphatic rings. The largest absolute Gasteiger partial charge is 0.507 e. The quantitative estimate of drug-likeness (QED) is 0.300. The minimum atomic E-state index is -0.649. The van der Waals surface area contributed by atoms with Crippen LogP contribution >= 0.6 is 0 Å². The van der Waals surface area contributed by atoms with E-state index in [2.05, 4.69) is 5.16 Å². The van der Waals surface area contributed by atoms with Crippen molar-refractivity contribution in [3.05, 3.63) is 71.4 Å². The molecule has 2 aromatic carbocycles. The highest BCUT2D eigenvalue weighted by molar-refractivity contribution is 6.51. The Morgan fingerprint density at radius 3 is 2.31 bits per heavy atom. The van der Waals surface area contributed by atoms with Gasteiger partial charge in [0.25, 0.3) is 11.7 Å². The number of aliphatic hydroxyl groups is 1. The Labute approximate surface area is 204 Å². The van der Waals surface area contributed by atoms with E-state index in [0.29, 0.717) is 22.8 Å². The van der Waals surface area contributed by atoms with Crippen LogP contribution in [0.3, 0.4) is 0 Å². The van der Waals surface area contributed by atoms with Gasteiger partial charge in [0.05, 0.1) is 24.4 Å². The lowest BCUT2D eigenvalue weighted by Gasteiger charge is -2.34. The number of ketones is 1. The summed E-state index contributed by atoms with van der Waals surface area (Å²) in [6.45, 7) is 1.85. The van der Waals surface area contributed by atoms with E-state index in [4.69, 9.17) is 9.26 Å². The van der Waals surface area contributed by atoms with E-state index < -0.39 is 17.7 Å². The summed E-state index contributed by atoms with van der Waals surface area (Å²) in [6.07, 6.45) is 5.02. The summed E-state index contributed by atoms with van der Waals surface area (Å²) in [5, 5.41) is 15.2. The number of ether oxygens (including phenoxy) is 1. The second kappa shape index (κ2) is 9.41. The standard InChI is InChI=1S/C28H28N2O5/c1-17-16-23(35-29-17)18-8-12-21(13-9-18)30-25(19-6-4-3-5-7-19)24(27(32)28(30)33)26(31)20-10-14-22(34-2)15-11-20/h8-16,19,25,31H,3-7H2,1-2H3/b26-24+. The molecular weight excluding hydrogens is 444 g/mol. The molecule has 7 heteroatoms. The molecule has 1 atom stereocenters. The molecule has 1 amide bonds. The van der Waals surface area contributed by atoms with Crippen LogP contribution in [0.5, 0.6) is 5.75 Å². The predicted molar refractivity (Wildman–Crippen MR) is 132 cm³/mol. The van der Waals surface area contributed by atoms with Crippen molar-refractivity contribution in [2.45, 2.75) is 45.1 Å². The van der Waals surface area contributed by atoms with E-state index in [1.54, 1.807) is 36.3 Å². The second-order valence-electron chi connectivity index (χ2n) is 9.22. The number of aryl methyl sites for hydroxylation is 1. The molecule has 0 spiro atoms. The number of hydrogen-bond donors (Lipinski definition) is 1. The molecule has 3 aromatic rings. The Morgan fingerprint density at radius 2 is 1.71 bits per heavy atom. The minimum Gasteiger partial charge on any atom is -0.507 e. The fraction of sp³-hybridized carbons (Fsp3) is 0.321. The Balaban J connectivity index is 1.57. The number of benzene rings is 2. The van der Waals surface area contributed by atoms with Crippen LogP contribution in [0.4, 0.5) is 5.69 Å². The summed E-state index contributed by atoms with van der Waals surface area (Å²) in [7, 11) is 1.57. The number of rotatable bonds is 5. The number of anilines is 1. The van der Waals surface area contributed by atoms with Crippen molar-refractivity contribution in [1.29, 1.82) is 0 Å². The smallest absolute Gasteiger partial charge is 0.299 e. The van der Waals surface area contributed by atoms with Crippen LogP contribution in [0.15, 0.2) is 64.7 Å². The van der Waals surface area contributed by atoms with Crippen LogP contribution in [0, 0.1) is 12.8 Å². The molecule has 1 aromatic heterocycles. The first-order valence-corrected chi connectivity index (χ1v) is 12.0. The number of amides is 1. The summed E-state index contributed by atoms with van der Waals surface area (Å²) in [5.74, 6) is -0.0287. The van der Waals surface area contributed by atoms with Gasteiger partial charge in [-0.25, -0.2) is 0 Å². The molecule has 0 radical (unpaired) electrons. The number of methoxy groups -OCH3 is 1. The van der Waals surface area contributed by atoms with Crippen LogP contribution in [0.2, 0.25) is 0 Å². The van der Waals surface area contributed by atoms with Gasteiger partial charge in [0, 0.05) is 22.9 Å². The molecule has 2 fully saturated rings. The molecule has 1 aliphatic heterocycles. The lowest BCUT2D eigenvalue weighted by atomic mass is 9.80. The molecule has 1 saturated carbocycles. The molecule has 5 rings (SSSR count). The van der Waals surface area contributed by atoms with Gasteiger partial charge >= 0.3 is 0 Å². The van der Waals surface area contributed by atoms with Gasteiger partial charge < -0.3 is 14.4 Å². The zero-order valence-corrected chi connectivity index (χ0v) is 19.9. The Kier molecular flexibility index (Phi) is 6.16. The van der Waals surface area contributed by atoms with Crippen LogP contribution < -0.4 is 9.64 Å². The third-order valence-corrected chi connectivity index (χ3v) is 7.00. The molecule has 1 saturated heterocycles. The van der Waals surface area contributed by atoms with E-state index >= 15 is 0 Å². The topological polar surface area (TPSA) is 92.9 Å². The highest BCUT2D eigenvalue weighted by Crippen LogP contribution is 2.41. The SMILES string of the molecule is COc1ccc(/C(O)=C2\C(=O)C(=O)N(c3ccc(-c4cc(C)no4)cc3)C2C2CCCCC2)cc1. The lowest BCUT2D eigenvalue weighted by molar-refractivity contribution is -0.132. The van der Waals surface area contributed by atoms with E-state index in [0.717, 1.165) is 43.4 Å². The average molecular weight is 473 g/mol. The highest BCUT2D eigenvalue weighted by Gasteiger charge is 2.49. The maximum Gasteiger partial charge on any atom is 0.299 e. The van der Waals surface area contributed by atoms with Gasteiger partial charge in [-0.2, -0.15) is 0 Å². The Hall–Kier alpha value is -3.87. The van der Waals surface area contributed by atoms with Gasteiger partial charge in [-0.15, -0.1) is 0 Å². The number of carbonyl (C=O) groups excluding carboxylic acids is 2. The highest BCUT2D eigenvalue weighted by atomic mass is 16.5. The van der Waals surface area contributed by atoms with Crippen molar-refractivity contribution in [2.24, 2.45) is 5.92 Å². The zero-order chi connectivity index (χ0) is 24.5. The summed E-state index contributed by atoms with van der Waals surface area (Å²) < 4.78 is 10.6. The third kappa shape index (κ3) is 4.22. The van der Waals surface area contributed by atoms with Crippen molar-refractivity contribution in [2.75, 3.05) is 12.0 Å². The van der Waals surface area contributed by atoms with Crippen LogP contribution in [-0.2, 0) is 9.59 Å². The Morgan fingerprint density at radius 1 is 1.03 bits per heavy atom. The number of carbonyl (C=O) groups is 2. The first-order chi connectivity index (χ1) is 17.0. The molecule has 1 unspecified atom stereocenters. The lowest BCUT2D eigenvalue weighted by Crippen LogP contribution is -2.40. The van der Waals surface area contributed by atoms with E-state index in [-0.39, 0.29) is 17.3 Å². The number of aliphatic hydroxyl groups excluding tert-OH is 1. The molecule has 7 nitrogen and oxygen atoms in total. The minimum absolute atomic E-state index is 0.0890.